The smallest absolute Gasteiger partial charge is 0.410 e. The molecule has 0 bridgehead atoms. The van der Waals surface area contributed by atoms with Crippen molar-refractivity contribution in [2.24, 2.45) is 0 Å². The van der Waals surface area contributed by atoms with E-state index in [1.807, 2.05) is 30.9 Å². The summed E-state index contributed by atoms with van der Waals surface area (Å²) >= 11 is 0. The zero-order valence-corrected chi connectivity index (χ0v) is 15.6. The third-order valence-electron chi connectivity index (χ3n) is 4.85. The average Bonchev–Trinajstić information content (AvgIpc) is 3.15. The van der Waals surface area contributed by atoms with Crippen molar-refractivity contribution < 1.29 is 17.9 Å². The van der Waals surface area contributed by atoms with Crippen LogP contribution in [0.2, 0.25) is 0 Å². The van der Waals surface area contributed by atoms with Crippen LogP contribution >= 0.6 is 0 Å². The first kappa shape index (κ1) is 18.2. The molecule has 9 heteroatoms. The van der Waals surface area contributed by atoms with Crippen molar-refractivity contribution in [1.29, 1.82) is 0 Å². The van der Waals surface area contributed by atoms with Gasteiger partial charge in [0.15, 0.2) is 9.84 Å². The van der Waals surface area contributed by atoms with E-state index < -0.39 is 15.9 Å². The quantitative estimate of drug-likeness (QED) is 0.760. The van der Waals surface area contributed by atoms with Gasteiger partial charge in [0, 0.05) is 44.0 Å². The van der Waals surface area contributed by atoms with Gasteiger partial charge in [0.2, 0.25) is 0 Å². The molecule has 2 aliphatic rings. The lowest BCUT2D eigenvalue weighted by Gasteiger charge is -2.43. The van der Waals surface area contributed by atoms with E-state index in [1.165, 1.54) is 0 Å². The molecule has 1 aromatic rings. The molecule has 2 fully saturated rings. The standard InChI is InChI=1S/C16H26N4O4S/c1-3-7-24-16(21)20-6-5-18(9-13-8-17-19(4-2)10-13)14-11-25(22,23)12-15(14)20/h8,10,14-15H,3-7,9,11-12H2,1-2H3. The Morgan fingerprint density at radius 2 is 2.04 bits per heavy atom. The molecule has 2 aliphatic heterocycles. The van der Waals surface area contributed by atoms with Gasteiger partial charge >= 0.3 is 6.09 Å². The molecule has 2 atom stereocenters. The van der Waals surface area contributed by atoms with E-state index in [9.17, 15) is 13.2 Å². The molecule has 3 rings (SSSR count). The van der Waals surface area contributed by atoms with Crippen LogP contribution in [0, 0.1) is 0 Å². The van der Waals surface area contributed by atoms with Gasteiger partial charge in [-0.3, -0.25) is 9.58 Å². The number of aromatic nitrogens is 2. The van der Waals surface area contributed by atoms with Crippen molar-refractivity contribution in [2.45, 2.75) is 45.4 Å². The summed E-state index contributed by atoms with van der Waals surface area (Å²) in [5.74, 6) is 0.112. The summed E-state index contributed by atoms with van der Waals surface area (Å²) in [5, 5.41) is 4.28. The predicted molar refractivity (Wildman–Crippen MR) is 92.9 cm³/mol. The Bertz CT molecular complexity index is 717. The van der Waals surface area contributed by atoms with Crippen LogP contribution in [0.1, 0.15) is 25.8 Å². The van der Waals surface area contributed by atoms with Crippen molar-refractivity contribution in [3.8, 4) is 0 Å². The molecule has 0 aliphatic carbocycles. The van der Waals surface area contributed by atoms with Crippen LogP contribution in [0.5, 0.6) is 0 Å². The van der Waals surface area contributed by atoms with Gasteiger partial charge in [0.25, 0.3) is 0 Å². The number of nitrogens with zero attached hydrogens (tertiary/aromatic N) is 4. The molecule has 140 valence electrons. The predicted octanol–water partition coefficient (Wildman–Crippen LogP) is 0.733. The number of amides is 1. The number of hydrogen-bond donors (Lipinski definition) is 0. The number of rotatable bonds is 5. The maximum absolute atomic E-state index is 12.3. The Balaban J connectivity index is 1.74. The number of aryl methyl sites for hydroxylation is 1. The van der Waals surface area contributed by atoms with Crippen molar-refractivity contribution in [1.82, 2.24) is 19.6 Å². The van der Waals surface area contributed by atoms with Gasteiger partial charge in [0.1, 0.15) is 0 Å². The molecule has 25 heavy (non-hydrogen) atoms. The van der Waals surface area contributed by atoms with Crippen LogP contribution in [0.25, 0.3) is 0 Å². The summed E-state index contributed by atoms with van der Waals surface area (Å²) in [7, 11) is -3.15. The molecule has 0 radical (unpaired) electrons. The number of carbonyl (C=O) groups excluding carboxylic acids is 1. The number of fused-ring (bicyclic) bond motifs is 1. The topological polar surface area (TPSA) is 84.7 Å². The maximum atomic E-state index is 12.3. The van der Waals surface area contributed by atoms with E-state index >= 15 is 0 Å². The SMILES string of the molecule is CCCOC(=O)N1CCN(Cc2cnn(CC)c2)C2CS(=O)(=O)CC21. The van der Waals surface area contributed by atoms with Crippen LogP contribution in [0.15, 0.2) is 12.4 Å². The van der Waals surface area contributed by atoms with Gasteiger partial charge in [-0.2, -0.15) is 5.10 Å². The van der Waals surface area contributed by atoms with Crippen LogP contribution in [-0.2, 0) is 27.7 Å². The Morgan fingerprint density at radius 1 is 1.28 bits per heavy atom. The number of ether oxygens (including phenoxy) is 1. The highest BCUT2D eigenvalue weighted by molar-refractivity contribution is 7.91. The lowest BCUT2D eigenvalue weighted by Crippen LogP contribution is -2.60. The largest absolute Gasteiger partial charge is 0.449 e. The molecular formula is C16H26N4O4S. The molecule has 1 amide bonds. The van der Waals surface area contributed by atoms with Crippen LogP contribution in [-0.4, -0.2) is 77.4 Å². The second kappa shape index (κ2) is 7.33. The highest BCUT2D eigenvalue weighted by atomic mass is 32.2. The first-order chi connectivity index (χ1) is 11.9. The Hall–Kier alpha value is -1.61. The third kappa shape index (κ3) is 3.98. The fraction of sp³-hybridized carbons (Fsp3) is 0.750. The maximum Gasteiger partial charge on any atom is 0.410 e. The monoisotopic (exact) mass is 370 g/mol. The fourth-order valence-corrected chi connectivity index (χ4v) is 5.63. The van der Waals surface area contributed by atoms with Crippen LogP contribution in [0.3, 0.4) is 0 Å². The lowest BCUT2D eigenvalue weighted by molar-refractivity contribution is 0.0269. The highest BCUT2D eigenvalue weighted by Crippen LogP contribution is 2.28. The van der Waals surface area contributed by atoms with Crippen LogP contribution in [0.4, 0.5) is 4.79 Å². The fourth-order valence-electron chi connectivity index (χ4n) is 3.62. The summed E-state index contributed by atoms with van der Waals surface area (Å²) < 4.78 is 31.5. The molecule has 1 aromatic heterocycles. The van der Waals surface area contributed by atoms with Crippen molar-refractivity contribution in [2.75, 3.05) is 31.2 Å². The first-order valence-electron chi connectivity index (χ1n) is 8.82. The summed E-state index contributed by atoms with van der Waals surface area (Å²) in [6.07, 6.45) is 4.16. The summed E-state index contributed by atoms with van der Waals surface area (Å²) in [6, 6.07) is -0.512. The number of carbonyl (C=O) groups is 1. The normalized spacial score (nSPS) is 25.8. The van der Waals surface area contributed by atoms with E-state index in [1.54, 1.807) is 4.90 Å². The molecule has 8 nitrogen and oxygen atoms in total. The van der Waals surface area contributed by atoms with E-state index in [0.29, 0.717) is 26.2 Å². The third-order valence-corrected chi connectivity index (χ3v) is 6.55. The second-order valence-corrected chi connectivity index (χ2v) is 8.85. The van der Waals surface area contributed by atoms with Crippen molar-refractivity contribution in [3.63, 3.8) is 0 Å². The molecule has 3 heterocycles. The minimum atomic E-state index is -3.15. The molecule has 0 aromatic carbocycles. The second-order valence-electron chi connectivity index (χ2n) is 6.69. The summed E-state index contributed by atoms with van der Waals surface area (Å²) in [4.78, 5) is 16.1. The van der Waals surface area contributed by atoms with E-state index in [-0.39, 0.29) is 23.6 Å². The zero-order chi connectivity index (χ0) is 18.0. The van der Waals surface area contributed by atoms with Gasteiger partial charge in [-0.15, -0.1) is 0 Å². The Labute approximate surface area is 148 Å². The van der Waals surface area contributed by atoms with Gasteiger partial charge in [0.05, 0.1) is 30.4 Å². The number of piperazine rings is 1. The Kier molecular flexibility index (Phi) is 5.33. The zero-order valence-electron chi connectivity index (χ0n) is 14.8. The van der Waals surface area contributed by atoms with Crippen LogP contribution < -0.4 is 0 Å². The van der Waals surface area contributed by atoms with Gasteiger partial charge in [-0.1, -0.05) is 6.92 Å². The lowest BCUT2D eigenvalue weighted by atomic mass is 10.0. The van der Waals surface area contributed by atoms with Gasteiger partial charge in [-0.05, 0) is 13.3 Å². The number of hydrogen-bond acceptors (Lipinski definition) is 6. The molecule has 0 saturated carbocycles. The molecule has 2 saturated heterocycles. The molecular weight excluding hydrogens is 344 g/mol. The van der Waals surface area contributed by atoms with E-state index in [2.05, 4.69) is 10.00 Å². The van der Waals surface area contributed by atoms with Gasteiger partial charge in [-0.25, -0.2) is 13.2 Å². The molecule has 2 unspecified atom stereocenters. The van der Waals surface area contributed by atoms with Gasteiger partial charge < -0.3 is 9.64 Å². The molecule has 0 spiro atoms. The average molecular weight is 370 g/mol. The summed E-state index contributed by atoms with van der Waals surface area (Å²) in [6.45, 7) is 6.89. The first-order valence-corrected chi connectivity index (χ1v) is 10.6. The van der Waals surface area contributed by atoms with E-state index in [0.717, 1.165) is 18.5 Å². The minimum Gasteiger partial charge on any atom is -0.449 e. The Morgan fingerprint density at radius 3 is 2.72 bits per heavy atom. The van der Waals surface area contributed by atoms with E-state index in [4.69, 9.17) is 4.74 Å². The molecule has 0 N–H and O–H groups in total. The van der Waals surface area contributed by atoms with Crippen molar-refractivity contribution >= 4 is 15.9 Å². The highest BCUT2D eigenvalue weighted by Gasteiger charge is 2.48. The number of sulfone groups is 1. The summed E-state index contributed by atoms with van der Waals surface area (Å²) in [5.41, 5.74) is 1.06. The van der Waals surface area contributed by atoms with Crippen molar-refractivity contribution in [3.05, 3.63) is 18.0 Å². The minimum absolute atomic E-state index is 0.0175.